The smallest absolute Gasteiger partial charge is 0.416 e. The van der Waals surface area contributed by atoms with Gasteiger partial charge in [-0.15, -0.1) is 0 Å². The number of ether oxygens (including phenoxy) is 1. The molecule has 182 valence electrons. The first-order valence-electron chi connectivity index (χ1n) is 11.1. The molecule has 0 fully saturated rings. The van der Waals surface area contributed by atoms with Gasteiger partial charge in [-0.3, -0.25) is 4.79 Å². The Balaban J connectivity index is 1.70. The molecule has 0 aliphatic heterocycles. The van der Waals surface area contributed by atoms with Gasteiger partial charge in [0.1, 0.15) is 11.6 Å². The molecule has 0 amide bonds. The number of para-hydroxylation sites is 1. The summed E-state index contributed by atoms with van der Waals surface area (Å²) in [5.41, 5.74) is 0.936. The molecule has 34 heavy (non-hydrogen) atoms. The van der Waals surface area contributed by atoms with Gasteiger partial charge in [-0.1, -0.05) is 30.3 Å². The average Bonchev–Trinajstić information content (AvgIpc) is 3.14. The van der Waals surface area contributed by atoms with Crippen LogP contribution in [0.15, 0.2) is 54.7 Å². The summed E-state index contributed by atoms with van der Waals surface area (Å²) in [6.07, 6.45) is -0.658. The van der Waals surface area contributed by atoms with Gasteiger partial charge in [0.25, 0.3) is 0 Å². The average molecular weight is 475 g/mol. The van der Waals surface area contributed by atoms with Crippen LogP contribution in [0.4, 0.5) is 13.2 Å². The van der Waals surface area contributed by atoms with Crippen molar-refractivity contribution in [1.29, 1.82) is 0 Å². The molecule has 0 radical (unpaired) electrons. The summed E-state index contributed by atoms with van der Waals surface area (Å²) in [7, 11) is 0. The molecule has 0 unspecified atom stereocenters. The van der Waals surface area contributed by atoms with E-state index in [1.807, 2.05) is 35.8 Å². The first-order chi connectivity index (χ1) is 16.0. The van der Waals surface area contributed by atoms with Crippen molar-refractivity contribution in [2.45, 2.75) is 52.8 Å². The normalized spacial score (nSPS) is 12.1. The summed E-state index contributed by atoms with van der Waals surface area (Å²) in [6, 6.07) is 12.6. The van der Waals surface area contributed by atoms with Crippen molar-refractivity contribution in [1.82, 2.24) is 9.55 Å². The van der Waals surface area contributed by atoms with E-state index < -0.39 is 23.1 Å². The maximum absolute atomic E-state index is 12.9. The van der Waals surface area contributed by atoms with Gasteiger partial charge in [0.2, 0.25) is 0 Å². The van der Waals surface area contributed by atoms with E-state index in [4.69, 9.17) is 4.74 Å². The third-order valence-corrected chi connectivity index (χ3v) is 5.86. The van der Waals surface area contributed by atoms with Gasteiger partial charge in [0.05, 0.1) is 24.1 Å². The Bertz CT molecular complexity index is 1120. The lowest BCUT2D eigenvalue weighted by Gasteiger charge is -2.19. The standard InChI is InChI=1S/C26H29F3N2O3/c1-18-16-30-23(19-10-12-21(13-11-19)26(27,28)29)31(18)17-20-8-4-5-9-22(20)34-15-7-6-14-25(2,3)24(32)33/h4-5,8-13,16H,6-7,14-15,17H2,1-3H3,(H,32,33). The highest BCUT2D eigenvalue weighted by molar-refractivity contribution is 5.73. The van der Waals surface area contributed by atoms with Gasteiger partial charge in [-0.2, -0.15) is 13.2 Å². The zero-order chi connectivity index (χ0) is 24.9. The summed E-state index contributed by atoms with van der Waals surface area (Å²) in [6.45, 7) is 6.24. The van der Waals surface area contributed by atoms with Crippen LogP contribution in [0.1, 0.15) is 49.9 Å². The number of aromatic nitrogens is 2. The van der Waals surface area contributed by atoms with Crippen LogP contribution in [0.2, 0.25) is 0 Å². The number of nitrogens with zero attached hydrogens (tertiary/aromatic N) is 2. The highest BCUT2D eigenvalue weighted by Gasteiger charge is 2.30. The number of hydrogen-bond acceptors (Lipinski definition) is 3. The topological polar surface area (TPSA) is 64.4 Å². The number of benzene rings is 2. The number of aliphatic carboxylic acids is 1. The van der Waals surface area contributed by atoms with Gasteiger partial charge in [-0.05, 0) is 58.2 Å². The van der Waals surface area contributed by atoms with E-state index in [0.717, 1.165) is 36.2 Å². The minimum absolute atomic E-state index is 0.449. The lowest BCUT2D eigenvalue weighted by molar-refractivity contribution is -0.147. The van der Waals surface area contributed by atoms with Crippen LogP contribution < -0.4 is 4.74 Å². The molecule has 0 saturated carbocycles. The van der Waals surface area contributed by atoms with Crippen LogP contribution in [0.5, 0.6) is 5.75 Å². The summed E-state index contributed by atoms with van der Waals surface area (Å²) in [5.74, 6) is 0.488. The third kappa shape index (κ3) is 6.18. The molecule has 5 nitrogen and oxygen atoms in total. The molecular weight excluding hydrogens is 445 g/mol. The number of carbonyl (C=O) groups is 1. The molecule has 2 aromatic carbocycles. The molecule has 8 heteroatoms. The highest BCUT2D eigenvalue weighted by atomic mass is 19.4. The number of alkyl halides is 3. The number of unbranched alkanes of at least 4 members (excludes halogenated alkanes) is 1. The van der Waals surface area contributed by atoms with Crippen molar-refractivity contribution >= 4 is 5.97 Å². The summed E-state index contributed by atoms with van der Waals surface area (Å²) in [4.78, 5) is 15.7. The fraction of sp³-hybridized carbons (Fsp3) is 0.385. The van der Waals surface area contributed by atoms with Crippen molar-refractivity contribution < 1.29 is 27.8 Å². The Hall–Kier alpha value is -3.29. The molecule has 0 aliphatic carbocycles. The number of imidazole rings is 1. The van der Waals surface area contributed by atoms with E-state index in [2.05, 4.69) is 4.98 Å². The van der Waals surface area contributed by atoms with E-state index in [1.165, 1.54) is 12.1 Å². The predicted molar refractivity (Wildman–Crippen MR) is 124 cm³/mol. The molecule has 3 rings (SSSR count). The van der Waals surface area contributed by atoms with Crippen LogP contribution in [-0.4, -0.2) is 27.2 Å². The maximum Gasteiger partial charge on any atom is 0.416 e. The quantitative estimate of drug-likeness (QED) is 0.337. The molecule has 1 N–H and O–H groups in total. The summed E-state index contributed by atoms with van der Waals surface area (Å²) in [5, 5.41) is 9.22. The molecule has 3 aromatic rings. The number of rotatable bonds is 10. The van der Waals surface area contributed by atoms with Crippen LogP contribution >= 0.6 is 0 Å². The second-order valence-corrected chi connectivity index (χ2v) is 8.99. The number of carboxylic acids is 1. The number of aryl methyl sites for hydroxylation is 1. The van der Waals surface area contributed by atoms with Gasteiger partial charge < -0.3 is 14.4 Å². The zero-order valence-corrected chi connectivity index (χ0v) is 19.5. The van der Waals surface area contributed by atoms with Crippen molar-refractivity contribution in [3.8, 4) is 17.1 Å². The highest BCUT2D eigenvalue weighted by Crippen LogP contribution is 2.31. The van der Waals surface area contributed by atoms with Gasteiger partial charge in [0, 0.05) is 23.0 Å². The van der Waals surface area contributed by atoms with Gasteiger partial charge in [-0.25, -0.2) is 4.98 Å². The second kappa shape index (κ2) is 10.3. The minimum Gasteiger partial charge on any atom is -0.493 e. The predicted octanol–water partition coefficient (Wildman–Crippen LogP) is 6.59. The number of halogens is 3. The van der Waals surface area contributed by atoms with Crippen LogP contribution in [0, 0.1) is 12.3 Å². The minimum atomic E-state index is -4.39. The molecule has 0 atom stereocenters. The molecule has 0 bridgehead atoms. The van der Waals surface area contributed by atoms with E-state index >= 15 is 0 Å². The lowest BCUT2D eigenvalue weighted by Crippen LogP contribution is -2.23. The third-order valence-electron chi connectivity index (χ3n) is 5.86. The summed E-state index contributed by atoms with van der Waals surface area (Å²) < 4.78 is 46.7. The van der Waals surface area contributed by atoms with Crippen molar-refractivity contribution in [2.75, 3.05) is 6.61 Å². The molecule has 0 aliphatic rings. The van der Waals surface area contributed by atoms with E-state index in [1.54, 1.807) is 20.0 Å². The Morgan fingerprint density at radius 2 is 1.74 bits per heavy atom. The SMILES string of the molecule is Cc1cnc(-c2ccc(C(F)(F)F)cc2)n1Cc1ccccc1OCCCCC(C)(C)C(=O)O. The molecule has 1 heterocycles. The summed E-state index contributed by atoms with van der Waals surface area (Å²) >= 11 is 0. The molecular formula is C26H29F3N2O3. The molecule has 0 saturated heterocycles. The van der Waals surface area contributed by atoms with Crippen LogP contribution in [-0.2, 0) is 17.5 Å². The van der Waals surface area contributed by atoms with Crippen LogP contribution in [0.3, 0.4) is 0 Å². The number of carboxylic acid groups (broad SMARTS) is 1. The van der Waals surface area contributed by atoms with E-state index in [-0.39, 0.29) is 0 Å². The number of hydrogen-bond donors (Lipinski definition) is 1. The fourth-order valence-corrected chi connectivity index (χ4v) is 3.60. The Morgan fingerprint density at radius 1 is 1.06 bits per heavy atom. The van der Waals surface area contributed by atoms with Gasteiger partial charge >= 0.3 is 12.1 Å². The maximum atomic E-state index is 12.9. The fourth-order valence-electron chi connectivity index (χ4n) is 3.60. The second-order valence-electron chi connectivity index (χ2n) is 8.99. The Kier molecular flexibility index (Phi) is 7.69. The van der Waals surface area contributed by atoms with Crippen molar-refractivity contribution in [2.24, 2.45) is 5.41 Å². The Morgan fingerprint density at radius 3 is 2.38 bits per heavy atom. The largest absolute Gasteiger partial charge is 0.493 e. The van der Waals surface area contributed by atoms with Crippen molar-refractivity contribution in [3.63, 3.8) is 0 Å². The first kappa shape index (κ1) is 25.3. The van der Waals surface area contributed by atoms with Crippen molar-refractivity contribution in [3.05, 3.63) is 71.5 Å². The zero-order valence-electron chi connectivity index (χ0n) is 19.5. The monoisotopic (exact) mass is 474 g/mol. The Labute approximate surface area is 197 Å². The molecule has 0 spiro atoms. The van der Waals surface area contributed by atoms with E-state index in [0.29, 0.717) is 36.7 Å². The lowest BCUT2D eigenvalue weighted by atomic mass is 9.87. The first-order valence-corrected chi connectivity index (χ1v) is 11.1. The molecule has 1 aromatic heterocycles. The van der Waals surface area contributed by atoms with Crippen LogP contribution in [0.25, 0.3) is 11.4 Å². The van der Waals surface area contributed by atoms with Gasteiger partial charge in [0.15, 0.2) is 0 Å². The van der Waals surface area contributed by atoms with E-state index in [9.17, 15) is 23.1 Å².